The third-order valence-electron chi connectivity index (χ3n) is 6.04. The first-order valence-corrected chi connectivity index (χ1v) is 9.92. The maximum atomic E-state index is 13.8. The highest BCUT2D eigenvalue weighted by Gasteiger charge is 2.59. The molecule has 2 N–H and O–H groups in total. The van der Waals surface area contributed by atoms with Gasteiger partial charge in [-0.3, -0.25) is 14.6 Å². The topological polar surface area (TPSA) is 107 Å². The molecular formula is C22H17F3N4O4. The maximum absolute atomic E-state index is 13.8. The van der Waals surface area contributed by atoms with E-state index in [4.69, 9.17) is 14.6 Å². The van der Waals surface area contributed by atoms with Crippen molar-refractivity contribution in [2.75, 3.05) is 0 Å². The number of alkyl halides is 3. The van der Waals surface area contributed by atoms with E-state index in [9.17, 15) is 22.8 Å². The number of allylic oxidation sites excluding steroid dienone is 1. The lowest BCUT2D eigenvalue weighted by Gasteiger charge is -2.22. The van der Waals surface area contributed by atoms with Gasteiger partial charge in [-0.25, -0.2) is 0 Å². The molecule has 2 aliphatic rings. The number of hydrogen-bond acceptors (Lipinski definition) is 6. The molecule has 3 aromatic heterocycles. The van der Waals surface area contributed by atoms with E-state index in [1.165, 1.54) is 28.1 Å². The molecule has 1 spiro atoms. The fraction of sp³-hybridized carbons (Fsp3) is 0.227. The number of rotatable bonds is 3. The van der Waals surface area contributed by atoms with Crippen LogP contribution in [0.4, 0.5) is 13.2 Å². The van der Waals surface area contributed by atoms with Crippen molar-refractivity contribution in [1.82, 2.24) is 9.47 Å². The van der Waals surface area contributed by atoms with E-state index in [0.29, 0.717) is 16.7 Å². The van der Waals surface area contributed by atoms with Crippen LogP contribution in [-0.4, -0.2) is 21.1 Å². The second-order valence-corrected chi connectivity index (χ2v) is 7.76. The molecule has 5 rings (SSSR count). The van der Waals surface area contributed by atoms with Crippen LogP contribution in [0.25, 0.3) is 11.0 Å². The Morgan fingerprint density at radius 2 is 2.06 bits per heavy atom. The lowest BCUT2D eigenvalue weighted by molar-refractivity contribution is -0.153. The van der Waals surface area contributed by atoms with Crippen molar-refractivity contribution in [2.24, 2.45) is 10.7 Å². The van der Waals surface area contributed by atoms with Gasteiger partial charge in [0.05, 0.1) is 29.6 Å². The van der Waals surface area contributed by atoms with E-state index in [-0.39, 0.29) is 42.2 Å². The summed E-state index contributed by atoms with van der Waals surface area (Å²) in [5, 5.41) is 0.382. The zero-order valence-electron chi connectivity index (χ0n) is 17.1. The third-order valence-corrected chi connectivity index (χ3v) is 6.04. The molecule has 1 saturated heterocycles. The van der Waals surface area contributed by atoms with Gasteiger partial charge in [0.2, 0.25) is 11.7 Å². The van der Waals surface area contributed by atoms with Crippen molar-refractivity contribution in [3.05, 3.63) is 82.8 Å². The molecule has 5 heterocycles. The second kappa shape index (κ2) is 6.99. The predicted octanol–water partition coefficient (Wildman–Crippen LogP) is 3.27. The van der Waals surface area contributed by atoms with Crippen molar-refractivity contribution >= 4 is 22.6 Å². The minimum absolute atomic E-state index is 0.0699. The van der Waals surface area contributed by atoms with Crippen LogP contribution in [0.1, 0.15) is 23.6 Å². The molecule has 0 aromatic carbocycles. The number of furan rings is 2. The van der Waals surface area contributed by atoms with Crippen LogP contribution in [0.15, 0.2) is 73.8 Å². The number of nitrogens with zero attached hydrogens (tertiary/aromatic N) is 3. The number of likely N-dealkylation sites (tertiary alicyclic amines) is 1. The van der Waals surface area contributed by atoms with Crippen molar-refractivity contribution in [2.45, 2.75) is 31.1 Å². The van der Waals surface area contributed by atoms with Gasteiger partial charge < -0.3 is 24.0 Å². The Morgan fingerprint density at radius 1 is 1.27 bits per heavy atom. The Kier molecular flexibility index (Phi) is 4.42. The summed E-state index contributed by atoms with van der Waals surface area (Å²) in [5.41, 5.74) is 4.91. The quantitative estimate of drug-likeness (QED) is 0.648. The molecule has 0 radical (unpaired) electrons. The molecule has 33 heavy (non-hydrogen) atoms. The summed E-state index contributed by atoms with van der Waals surface area (Å²) >= 11 is 0. The molecule has 1 atom stereocenters. The van der Waals surface area contributed by atoms with E-state index in [1.54, 1.807) is 12.1 Å². The first-order valence-electron chi connectivity index (χ1n) is 9.92. The number of pyridine rings is 1. The molecule has 1 amide bonds. The molecule has 1 fully saturated rings. The Bertz CT molecular complexity index is 1430. The van der Waals surface area contributed by atoms with Crippen LogP contribution in [-0.2, 0) is 29.5 Å². The number of fused-ring (bicyclic) bond motifs is 3. The van der Waals surface area contributed by atoms with Crippen molar-refractivity contribution in [3.63, 3.8) is 0 Å². The number of hydrogen-bond donors (Lipinski definition) is 1. The first-order chi connectivity index (χ1) is 15.7. The SMILES string of the molecule is C=C1/C(=N\C=C/N)C2(CCn3c2cc2occc2c3=O)C(=O)N1Cc1ccc(C(F)(F)F)o1. The molecule has 170 valence electrons. The molecular weight excluding hydrogens is 441 g/mol. The molecule has 8 nitrogen and oxygen atoms in total. The van der Waals surface area contributed by atoms with Crippen LogP contribution < -0.4 is 11.3 Å². The highest BCUT2D eigenvalue weighted by atomic mass is 19.4. The van der Waals surface area contributed by atoms with Crippen molar-refractivity contribution < 1.29 is 26.8 Å². The van der Waals surface area contributed by atoms with E-state index < -0.39 is 23.3 Å². The van der Waals surface area contributed by atoms with E-state index in [0.717, 1.165) is 12.1 Å². The fourth-order valence-electron chi connectivity index (χ4n) is 4.57. The number of halogens is 3. The Morgan fingerprint density at radius 3 is 2.76 bits per heavy atom. The number of carbonyl (C=O) groups is 1. The third kappa shape index (κ3) is 2.88. The smallest absolute Gasteiger partial charge is 0.449 e. The van der Waals surface area contributed by atoms with Crippen LogP contribution >= 0.6 is 0 Å². The van der Waals surface area contributed by atoms with Crippen LogP contribution in [0, 0.1) is 0 Å². The average Bonchev–Trinajstić information content (AvgIpc) is 3.53. The van der Waals surface area contributed by atoms with Crippen molar-refractivity contribution in [1.29, 1.82) is 0 Å². The Labute approximate surface area is 184 Å². The van der Waals surface area contributed by atoms with Crippen LogP contribution in [0.5, 0.6) is 0 Å². The number of aromatic nitrogens is 1. The number of nitrogens with two attached hydrogens (primary N) is 1. The van der Waals surface area contributed by atoms with Gasteiger partial charge in [-0.15, -0.1) is 0 Å². The first kappa shape index (κ1) is 20.9. The molecule has 11 heteroatoms. The van der Waals surface area contributed by atoms with E-state index >= 15 is 0 Å². The molecule has 0 bridgehead atoms. The molecule has 1 unspecified atom stereocenters. The lowest BCUT2D eigenvalue weighted by atomic mass is 9.79. The fourth-order valence-corrected chi connectivity index (χ4v) is 4.57. The van der Waals surface area contributed by atoms with Crippen LogP contribution in [0.2, 0.25) is 0 Å². The molecule has 0 aliphatic carbocycles. The van der Waals surface area contributed by atoms with Gasteiger partial charge in [-0.1, -0.05) is 6.58 Å². The Balaban J connectivity index is 1.64. The summed E-state index contributed by atoms with van der Waals surface area (Å²) in [6.45, 7) is 3.92. The largest absolute Gasteiger partial charge is 0.464 e. The molecule has 2 aliphatic heterocycles. The number of amides is 1. The summed E-state index contributed by atoms with van der Waals surface area (Å²) < 4.78 is 50.6. The predicted molar refractivity (Wildman–Crippen MR) is 111 cm³/mol. The second-order valence-electron chi connectivity index (χ2n) is 7.76. The summed E-state index contributed by atoms with van der Waals surface area (Å²) in [4.78, 5) is 32.3. The highest BCUT2D eigenvalue weighted by molar-refractivity contribution is 6.27. The minimum Gasteiger partial charge on any atom is -0.464 e. The molecule has 0 saturated carbocycles. The summed E-state index contributed by atoms with van der Waals surface area (Å²) in [5.74, 6) is -1.71. The van der Waals surface area contributed by atoms with Gasteiger partial charge in [0, 0.05) is 30.7 Å². The highest BCUT2D eigenvalue weighted by Crippen LogP contribution is 2.46. The van der Waals surface area contributed by atoms with Crippen LogP contribution in [0.3, 0.4) is 0 Å². The summed E-state index contributed by atoms with van der Waals surface area (Å²) in [6, 6.07) is 5.14. The van der Waals surface area contributed by atoms with Gasteiger partial charge in [0.25, 0.3) is 5.56 Å². The minimum atomic E-state index is -4.65. The van der Waals surface area contributed by atoms with Gasteiger partial charge in [0.15, 0.2) is 0 Å². The molecule has 3 aromatic rings. The van der Waals surface area contributed by atoms with E-state index in [2.05, 4.69) is 11.6 Å². The standard InChI is InChI=1S/C22H17F3N4O4/c1-12-18(27-7-6-26)21(5-8-28-16(21)10-15-14(19(28)30)4-9-32-15)20(31)29(12)11-13-2-3-17(33-13)22(23,24)25/h2-4,6-7,9-10H,1,5,8,11,26H2/b7-6-,27-18+. The van der Waals surface area contributed by atoms with Crippen molar-refractivity contribution in [3.8, 4) is 0 Å². The summed E-state index contributed by atoms with van der Waals surface area (Å²) in [6.07, 6.45) is -0.575. The Hall–Kier alpha value is -4.02. The normalized spacial score (nSPS) is 22.0. The van der Waals surface area contributed by atoms with Gasteiger partial charge >= 0.3 is 6.18 Å². The number of carbonyl (C=O) groups excluding carboxylic acids is 1. The van der Waals surface area contributed by atoms with E-state index in [1.807, 2.05) is 0 Å². The summed E-state index contributed by atoms with van der Waals surface area (Å²) in [7, 11) is 0. The van der Waals surface area contributed by atoms with Gasteiger partial charge in [0.1, 0.15) is 16.8 Å². The number of aliphatic imine (C=N–C) groups is 1. The zero-order valence-corrected chi connectivity index (χ0v) is 17.1. The lowest BCUT2D eigenvalue weighted by Crippen LogP contribution is -2.40. The monoisotopic (exact) mass is 458 g/mol. The average molecular weight is 458 g/mol. The maximum Gasteiger partial charge on any atom is 0.449 e. The van der Waals surface area contributed by atoms with Gasteiger partial charge in [-0.05, 0) is 24.6 Å². The zero-order chi connectivity index (χ0) is 23.5. The van der Waals surface area contributed by atoms with Gasteiger partial charge in [-0.2, -0.15) is 13.2 Å².